The lowest BCUT2D eigenvalue weighted by Gasteiger charge is -2.36. The number of benzene rings is 1. The van der Waals surface area contributed by atoms with Crippen LogP contribution in [-0.2, 0) is 6.42 Å². The van der Waals surface area contributed by atoms with Crippen LogP contribution in [0.15, 0.2) is 24.3 Å². The van der Waals surface area contributed by atoms with Crippen LogP contribution < -0.4 is 5.73 Å². The predicted molar refractivity (Wildman–Crippen MR) is 82.1 cm³/mol. The molecule has 0 aliphatic carbocycles. The fourth-order valence-corrected chi connectivity index (χ4v) is 2.90. The summed E-state index contributed by atoms with van der Waals surface area (Å²) in [5.41, 5.74) is 9.01. The molecule has 2 N–H and O–H groups in total. The molecular formula is C17H28N2. The van der Waals surface area contributed by atoms with E-state index in [1.54, 1.807) is 0 Å². The second-order valence-electron chi connectivity index (χ2n) is 6.20. The van der Waals surface area contributed by atoms with E-state index >= 15 is 0 Å². The maximum Gasteiger partial charge on any atom is 0.0424 e. The molecule has 2 heteroatoms. The van der Waals surface area contributed by atoms with Crippen molar-refractivity contribution in [2.45, 2.75) is 39.7 Å². The minimum Gasteiger partial charge on any atom is -0.323 e. The molecule has 1 aromatic rings. The standard InChI is InChI=1S/C17H28N2/c1-4-15-5-7-16(8-6-15)17(18)12-19-10-9-13(2)14(3)11-19/h5-8,13-14,17H,4,9-12,18H2,1-3H3. The Morgan fingerprint density at radius 1 is 1.21 bits per heavy atom. The summed E-state index contributed by atoms with van der Waals surface area (Å²) in [7, 11) is 0. The van der Waals surface area contributed by atoms with Gasteiger partial charge in [-0.3, -0.25) is 0 Å². The molecule has 1 aromatic carbocycles. The molecule has 106 valence electrons. The van der Waals surface area contributed by atoms with Crippen LogP contribution in [0.5, 0.6) is 0 Å². The van der Waals surface area contributed by atoms with Crippen molar-refractivity contribution in [1.82, 2.24) is 4.90 Å². The zero-order valence-electron chi connectivity index (χ0n) is 12.6. The third-order valence-electron chi connectivity index (χ3n) is 4.69. The Bertz CT molecular complexity index is 385. The normalized spacial score (nSPS) is 26.3. The number of nitrogens with zero attached hydrogens (tertiary/aromatic N) is 1. The first-order chi connectivity index (χ1) is 9.10. The van der Waals surface area contributed by atoms with Gasteiger partial charge in [-0.1, -0.05) is 45.0 Å². The van der Waals surface area contributed by atoms with E-state index in [9.17, 15) is 0 Å². The summed E-state index contributed by atoms with van der Waals surface area (Å²) >= 11 is 0. The van der Waals surface area contributed by atoms with Crippen molar-refractivity contribution in [1.29, 1.82) is 0 Å². The first-order valence-electron chi connectivity index (χ1n) is 7.67. The van der Waals surface area contributed by atoms with Crippen molar-refractivity contribution >= 4 is 0 Å². The molecule has 0 saturated carbocycles. The molecule has 0 radical (unpaired) electrons. The molecule has 0 spiro atoms. The highest BCUT2D eigenvalue weighted by Gasteiger charge is 2.23. The van der Waals surface area contributed by atoms with E-state index in [1.807, 2.05) is 0 Å². The van der Waals surface area contributed by atoms with Gasteiger partial charge in [-0.05, 0) is 42.3 Å². The Morgan fingerprint density at radius 3 is 2.47 bits per heavy atom. The summed E-state index contributed by atoms with van der Waals surface area (Å²) in [5, 5.41) is 0. The SMILES string of the molecule is CCc1ccc(C(N)CN2CCC(C)C(C)C2)cc1. The Labute approximate surface area is 118 Å². The van der Waals surface area contributed by atoms with Crippen molar-refractivity contribution in [3.63, 3.8) is 0 Å². The number of hydrogen-bond donors (Lipinski definition) is 1. The van der Waals surface area contributed by atoms with Gasteiger partial charge in [0.05, 0.1) is 0 Å². The fraction of sp³-hybridized carbons (Fsp3) is 0.647. The van der Waals surface area contributed by atoms with Crippen LogP contribution in [0, 0.1) is 11.8 Å². The Kier molecular flexibility index (Phi) is 5.00. The largest absolute Gasteiger partial charge is 0.323 e. The van der Waals surface area contributed by atoms with Gasteiger partial charge in [-0.15, -0.1) is 0 Å². The second-order valence-corrected chi connectivity index (χ2v) is 6.20. The third-order valence-corrected chi connectivity index (χ3v) is 4.69. The van der Waals surface area contributed by atoms with Crippen LogP contribution in [0.3, 0.4) is 0 Å². The highest BCUT2D eigenvalue weighted by molar-refractivity contribution is 5.25. The summed E-state index contributed by atoms with van der Waals surface area (Å²) in [4.78, 5) is 2.53. The predicted octanol–water partition coefficient (Wildman–Crippen LogP) is 3.23. The van der Waals surface area contributed by atoms with Gasteiger partial charge in [0.1, 0.15) is 0 Å². The minimum atomic E-state index is 0.145. The molecule has 1 heterocycles. The average Bonchev–Trinajstić information content (AvgIpc) is 2.43. The lowest BCUT2D eigenvalue weighted by molar-refractivity contribution is 0.132. The van der Waals surface area contributed by atoms with E-state index in [0.717, 1.165) is 24.8 Å². The topological polar surface area (TPSA) is 29.3 Å². The lowest BCUT2D eigenvalue weighted by Crippen LogP contribution is -2.41. The molecule has 0 amide bonds. The van der Waals surface area contributed by atoms with E-state index < -0.39 is 0 Å². The molecule has 19 heavy (non-hydrogen) atoms. The summed E-state index contributed by atoms with van der Waals surface area (Å²) in [6, 6.07) is 8.94. The monoisotopic (exact) mass is 260 g/mol. The smallest absolute Gasteiger partial charge is 0.0424 e. The number of hydrogen-bond acceptors (Lipinski definition) is 2. The zero-order chi connectivity index (χ0) is 13.8. The Morgan fingerprint density at radius 2 is 1.89 bits per heavy atom. The third kappa shape index (κ3) is 3.80. The molecule has 2 nitrogen and oxygen atoms in total. The second kappa shape index (κ2) is 6.53. The van der Waals surface area contributed by atoms with E-state index in [4.69, 9.17) is 5.73 Å². The maximum absolute atomic E-state index is 6.36. The number of likely N-dealkylation sites (tertiary alicyclic amines) is 1. The van der Waals surface area contributed by atoms with E-state index in [2.05, 4.69) is 49.9 Å². The first kappa shape index (κ1) is 14.5. The number of nitrogens with two attached hydrogens (primary N) is 1. The molecule has 1 aliphatic rings. The van der Waals surface area contributed by atoms with E-state index in [0.29, 0.717) is 0 Å². The van der Waals surface area contributed by atoms with Crippen molar-refractivity contribution in [3.8, 4) is 0 Å². The van der Waals surface area contributed by atoms with Crippen LogP contribution in [-0.4, -0.2) is 24.5 Å². The molecule has 1 aliphatic heterocycles. The summed E-state index contributed by atoms with van der Waals surface area (Å²) < 4.78 is 0. The van der Waals surface area contributed by atoms with Gasteiger partial charge >= 0.3 is 0 Å². The van der Waals surface area contributed by atoms with Gasteiger partial charge < -0.3 is 10.6 Å². The molecular weight excluding hydrogens is 232 g/mol. The molecule has 1 saturated heterocycles. The van der Waals surface area contributed by atoms with Crippen molar-refractivity contribution < 1.29 is 0 Å². The van der Waals surface area contributed by atoms with Gasteiger partial charge in [-0.2, -0.15) is 0 Å². The molecule has 0 bridgehead atoms. The Balaban J connectivity index is 1.91. The summed E-state index contributed by atoms with van der Waals surface area (Å²) in [6.07, 6.45) is 2.40. The van der Waals surface area contributed by atoms with Crippen molar-refractivity contribution in [2.75, 3.05) is 19.6 Å². The molecule has 0 aromatic heterocycles. The highest BCUT2D eigenvalue weighted by Crippen LogP contribution is 2.24. The van der Waals surface area contributed by atoms with Crippen LogP contribution in [0.25, 0.3) is 0 Å². The highest BCUT2D eigenvalue weighted by atomic mass is 15.1. The number of aryl methyl sites for hydroxylation is 1. The summed E-state index contributed by atoms with van der Waals surface area (Å²) in [6.45, 7) is 10.3. The van der Waals surface area contributed by atoms with Crippen molar-refractivity contribution in [3.05, 3.63) is 35.4 Å². The average molecular weight is 260 g/mol. The van der Waals surface area contributed by atoms with Gasteiger partial charge in [0.25, 0.3) is 0 Å². The number of piperidine rings is 1. The summed E-state index contributed by atoms with van der Waals surface area (Å²) in [5.74, 6) is 1.65. The quantitative estimate of drug-likeness (QED) is 0.900. The van der Waals surface area contributed by atoms with Gasteiger partial charge in [0.15, 0.2) is 0 Å². The minimum absolute atomic E-state index is 0.145. The maximum atomic E-state index is 6.36. The van der Waals surface area contributed by atoms with Crippen molar-refractivity contribution in [2.24, 2.45) is 17.6 Å². The van der Waals surface area contributed by atoms with Crippen LogP contribution >= 0.6 is 0 Å². The molecule has 3 unspecified atom stereocenters. The van der Waals surface area contributed by atoms with Gasteiger partial charge in [0, 0.05) is 19.1 Å². The fourth-order valence-electron chi connectivity index (χ4n) is 2.90. The van der Waals surface area contributed by atoms with E-state index in [1.165, 1.54) is 30.6 Å². The Hall–Kier alpha value is -0.860. The number of rotatable bonds is 4. The zero-order valence-corrected chi connectivity index (χ0v) is 12.6. The molecule has 3 atom stereocenters. The van der Waals surface area contributed by atoms with Crippen LogP contribution in [0.2, 0.25) is 0 Å². The van der Waals surface area contributed by atoms with Crippen LogP contribution in [0.4, 0.5) is 0 Å². The molecule has 1 fully saturated rings. The van der Waals surface area contributed by atoms with Crippen LogP contribution in [0.1, 0.15) is 44.4 Å². The molecule has 2 rings (SSSR count). The van der Waals surface area contributed by atoms with Gasteiger partial charge in [-0.25, -0.2) is 0 Å². The van der Waals surface area contributed by atoms with Gasteiger partial charge in [0.2, 0.25) is 0 Å². The van der Waals surface area contributed by atoms with E-state index in [-0.39, 0.29) is 6.04 Å². The lowest BCUT2D eigenvalue weighted by atomic mass is 9.88. The first-order valence-corrected chi connectivity index (χ1v) is 7.67.